The molecule has 0 aliphatic rings. The summed E-state index contributed by atoms with van der Waals surface area (Å²) < 4.78 is 0. The van der Waals surface area contributed by atoms with E-state index < -0.39 is 0 Å². The Hall–Kier alpha value is -3.65. The number of carbonyl (C=O) groups excluding carboxylic acids is 3. The quantitative estimate of drug-likeness (QED) is 0.483. The zero-order chi connectivity index (χ0) is 20.8. The molecule has 7 nitrogen and oxygen atoms in total. The second-order valence-corrected chi connectivity index (χ2v) is 7.31. The lowest BCUT2D eigenvalue weighted by Crippen LogP contribution is -2.18. The number of urea groups is 1. The van der Waals surface area contributed by atoms with E-state index in [9.17, 15) is 14.4 Å². The highest BCUT2D eigenvalue weighted by atomic mass is 32.1. The van der Waals surface area contributed by atoms with E-state index >= 15 is 0 Å². The predicted octanol–water partition coefficient (Wildman–Crippen LogP) is 4.91. The standard InChI is InChI=1S/C21H20N4O3S/c1-13-16(22-14(2)26)9-6-10-17(13)24-20(27)18-11-12-19(29-18)25-21(28)23-15-7-4-3-5-8-15/h3-12H,1-2H3,(H,22,26)(H,24,27)(H2,23,25,28). The van der Waals surface area contributed by atoms with Gasteiger partial charge in [0.25, 0.3) is 5.91 Å². The molecule has 0 aliphatic carbocycles. The van der Waals surface area contributed by atoms with Gasteiger partial charge in [-0.1, -0.05) is 24.3 Å². The first-order valence-corrected chi connectivity index (χ1v) is 9.65. The number of nitrogens with one attached hydrogen (secondary N) is 4. The van der Waals surface area contributed by atoms with E-state index in [2.05, 4.69) is 21.3 Å². The van der Waals surface area contributed by atoms with Crippen LogP contribution >= 0.6 is 11.3 Å². The Bertz CT molecular complexity index is 1050. The minimum atomic E-state index is -0.385. The number of amides is 4. The van der Waals surface area contributed by atoms with Crippen LogP contribution < -0.4 is 21.3 Å². The van der Waals surface area contributed by atoms with Crippen molar-refractivity contribution in [3.63, 3.8) is 0 Å². The first-order chi connectivity index (χ1) is 13.9. The molecule has 0 atom stereocenters. The van der Waals surface area contributed by atoms with E-state index in [0.29, 0.717) is 26.9 Å². The highest BCUT2D eigenvalue weighted by Crippen LogP contribution is 2.26. The van der Waals surface area contributed by atoms with Gasteiger partial charge >= 0.3 is 6.03 Å². The summed E-state index contributed by atoms with van der Waals surface area (Å²) in [5, 5.41) is 11.5. The van der Waals surface area contributed by atoms with Crippen molar-refractivity contribution in [3.8, 4) is 0 Å². The molecule has 0 saturated carbocycles. The van der Waals surface area contributed by atoms with E-state index in [4.69, 9.17) is 0 Å². The van der Waals surface area contributed by atoms with Crippen LogP contribution in [0.1, 0.15) is 22.2 Å². The molecular formula is C21H20N4O3S. The van der Waals surface area contributed by atoms with Crippen LogP contribution in [0.5, 0.6) is 0 Å². The van der Waals surface area contributed by atoms with Gasteiger partial charge in [-0.15, -0.1) is 11.3 Å². The fourth-order valence-electron chi connectivity index (χ4n) is 2.60. The van der Waals surface area contributed by atoms with Crippen molar-refractivity contribution in [2.45, 2.75) is 13.8 Å². The number of benzene rings is 2. The number of rotatable bonds is 5. The summed E-state index contributed by atoms with van der Waals surface area (Å²) in [4.78, 5) is 36.4. The van der Waals surface area contributed by atoms with Gasteiger partial charge in [0.05, 0.1) is 9.88 Å². The van der Waals surface area contributed by atoms with Crippen LogP contribution in [0.3, 0.4) is 0 Å². The Morgan fingerprint density at radius 1 is 0.759 bits per heavy atom. The smallest absolute Gasteiger partial charge is 0.324 e. The van der Waals surface area contributed by atoms with E-state index in [1.54, 1.807) is 42.5 Å². The maximum atomic E-state index is 12.6. The number of thiophene rings is 1. The molecule has 0 bridgehead atoms. The van der Waals surface area contributed by atoms with Crippen LogP contribution in [0.4, 0.5) is 26.9 Å². The van der Waals surface area contributed by atoms with Crippen LogP contribution in [0.2, 0.25) is 0 Å². The van der Waals surface area contributed by atoms with Crippen LogP contribution in [-0.4, -0.2) is 17.8 Å². The maximum Gasteiger partial charge on any atom is 0.324 e. The molecule has 0 radical (unpaired) electrons. The molecule has 29 heavy (non-hydrogen) atoms. The summed E-state index contributed by atoms with van der Waals surface area (Å²) in [5.74, 6) is -0.478. The number of anilines is 4. The molecule has 3 rings (SSSR count). The fourth-order valence-corrected chi connectivity index (χ4v) is 3.40. The monoisotopic (exact) mass is 408 g/mol. The third kappa shape index (κ3) is 5.43. The van der Waals surface area contributed by atoms with Gasteiger partial charge in [-0.3, -0.25) is 14.9 Å². The summed E-state index contributed by atoms with van der Waals surface area (Å²) >= 11 is 1.17. The average molecular weight is 408 g/mol. The summed E-state index contributed by atoms with van der Waals surface area (Å²) in [5.41, 5.74) is 2.68. The Morgan fingerprint density at radius 3 is 2.14 bits per heavy atom. The highest BCUT2D eigenvalue weighted by molar-refractivity contribution is 7.18. The Labute approximate surface area is 172 Å². The van der Waals surface area contributed by atoms with Gasteiger partial charge in [-0.25, -0.2) is 4.79 Å². The minimum absolute atomic E-state index is 0.181. The van der Waals surface area contributed by atoms with Gasteiger partial charge in [-0.2, -0.15) is 0 Å². The molecule has 4 amide bonds. The first kappa shape index (κ1) is 20.1. The van der Waals surface area contributed by atoms with E-state index in [1.165, 1.54) is 18.3 Å². The molecule has 8 heteroatoms. The van der Waals surface area contributed by atoms with Crippen molar-refractivity contribution in [1.29, 1.82) is 0 Å². The van der Waals surface area contributed by atoms with Gasteiger partial charge in [0.1, 0.15) is 0 Å². The van der Waals surface area contributed by atoms with Crippen molar-refractivity contribution in [2.75, 3.05) is 21.3 Å². The third-order valence-corrected chi connectivity index (χ3v) is 4.99. The van der Waals surface area contributed by atoms with Crippen LogP contribution in [0, 0.1) is 6.92 Å². The Kier molecular flexibility index (Phi) is 6.25. The number of hydrogen-bond donors (Lipinski definition) is 4. The third-order valence-electron chi connectivity index (χ3n) is 3.99. The number of para-hydroxylation sites is 1. The van der Waals surface area contributed by atoms with E-state index in [0.717, 1.165) is 5.56 Å². The fraction of sp³-hybridized carbons (Fsp3) is 0.0952. The highest BCUT2D eigenvalue weighted by Gasteiger charge is 2.13. The molecule has 0 aliphatic heterocycles. The lowest BCUT2D eigenvalue weighted by molar-refractivity contribution is -0.114. The second kappa shape index (κ2) is 9.03. The van der Waals surface area contributed by atoms with Crippen molar-refractivity contribution in [2.24, 2.45) is 0 Å². The van der Waals surface area contributed by atoms with Gasteiger partial charge in [-0.05, 0) is 48.9 Å². The zero-order valence-electron chi connectivity index (χ0n) is 15.9. The summed E-state index contributed by atoms with van der Waals surface area (Å²) in [6.07, 6.45) is 0. The molecule has 2 aromatic carbocycles. The topological polar surface area (TPSA) is 99.3 Å². The number of carbonyl (C=O) groups is 3. The van der Waals surface area contributed by atoms with Crippen molar-refractivity contribution < 1.29 is 14.4 Å². The molecule has 1 heterocycles. The molecule has 148 valence electrons. The van der Waals surface area contributed by atoms with E-state index in [-0.39, 0.29) is 17.8 Å². The molecule has 0 unspecified atom stereocenters. The lowest BCUT2D eigenvalue weighted by Gasteiger charge is -2.12. The van der Waals surface area contributed by atoms with Crippen LogP contribution in [0.25, 0.3) is 0 Å². The summed E-state index contributed by atoms with van der Waals surface area (Å²) in [6.45, 7) is 3.25. The summed E-state index contributed by atoms with van der Waals surface area (Å²) in [6, 6.07) is 17.3. The van der Waals surface area contributed by atoms with Gasteiger partial charge in [0, 0.05) is 24.0 Å². The van der Waals surface area contributed by atoms with Gasteiger partial charge in [0.15, 0.2) is 0 Å². The van der Waals surface area contributed by atoms with Gasteiger partial charge < -0.3 is 16.0 Å². The zero-order valence-corrected chi connectivity index (χ0v) is 16.7. The van der Waals surface area contributed by atoms with Crippen LogP contribution in [0.15, 0.2) is 60.7 Å². The molecular weight excluding hydrogens is 388 g/mol. The maximum absolute atomic E-state index is 12.6. The average Bonchev–Trinajstić information content (AvgIpc) is 3.14. The largest absolute Gasteiger partial charge is 0.326 e. The Morgan fingerprint density at radius 2 is 1.45 bits per heavy atom. The minimum Gasteiger partial charge on any atom is -0.326 e. The Balaban J connectivity index is 1.64. The molecule has 0 saturated heterocycles. The molecule has 0 spiro atoms. The van der Waals surface area contributed by atoms with Crippen molar-refractivity contribution >= 4 is 51.2 Å². The van der Waals surface area contributed by atoms with E-state index in [1.807, 2.05) is 25.1 Å². The molecule has 3 aromatic rings. The second-order valence-electron chi connectivity index (χ2n) is 6.22. The molecule has 4 N–H and O–H groups in total. The van der Waals surface area contributed by atoms with Crippen molar-refractivity contribution in [3.05, 3.63) is 71.1 Å². The van der Waals surface area contributed by atoms with Crippen LogP contribution in [-0.2, 0) is 4.79 Å². The predicted molar refractivity (Wildman–Crippen MR) is 117 cm³/mol. The summed E-state index contributed by atoms with van der Waals surface area (Å²) in [7, 11) is 0. The normalized spacial score (nSPS) is 10.1. The molecule has 1 aromatic heterocycles. The first-order valence-electron chi connectivity index (χ1n) is 8.84. The molecule has 0 fully saturated rings. The number of hydrogen-bond acceptors (Lipinski definition) is 4. The van der Waals surface area contributed by atoms with Crippen molar-refractivity contribution in [1.82, 2.24) is 0 Å². The lowest BCUT2D eigenvalue weighted by atomic mass is 10.1. The van der Waals surface area contributed by atoms with Gasteiger partial charge in [0.2, 0.25) is 5.91 Å². The SMILES string of the molecule is CC(=O)Nc1cccc(NC(=O)c2ccc(NC(=O)Nc3ccccc3)s2)c1C.